The van der Waals surface area contributed by atoms with Crippen LogP contribution in [0.25, 0.3) is 0 Å². The first kappa shape index (κ1) is 25.6. The molecular formula is C22H40IN7O2. The zero-order chi connectivity index (χ0) is 21.5. The second kappa shape index (κ2) is 12.5. The van der Waals surface area contributed by atoms with E-state index in [1.807, 2.05) is 18.5 Å². The normalized spacial score (nSPS) is 23.8. The molecule has 0 radical (unpaired) electrons. The molecule has 1 unspecified atom stereocenters. The summed E-state index contributed by atoms with van der Waals surface area (Å²) in [6, 6.07) is 0.401. The minimum absolute atomic E-state index is 0. The van der Waals surface area contributed by atoms with E-state index in [4.69, 9.17) is 14.5 Å². The van der Waals surface area contributed by atoms with Gasteiger partial charge in [0, 0.05) is 39.3 Å². The SMILES string of the molecule is Cc1nnc(CN=C(NCCCN2CCOCC2)NC2CCOC3(CCCC3)C2)n1C.I. The fourth-order valence-corrected chi connectivity index (χ4v) is 4.94. The Hall–Kier alpha value is -0.980. The van der Waals surface area contributed by atoms with E-state index in [1.165, 1.54) is 25.7 Å². The molecule has 10 heteroatoms. The van der Waals surface area contributed by atoms with E-state index in [-0.39, 0.29) is 29.6 Å². The topological polar surface area (TPSA) is 88.8 Å². The summed E-state index contributed by atoms with van der Waals surface area (Å²) in [6.45, 7) is 9.08. The molecule has 1 aromatic heterocycles. The number of guanidine groups is 1. The second-order valence-electron chi connectivity index (χ2n) is 9.19. The summed E-state index contributed by atoms with van der Waals surface area (Å²) in [5.41, 5.74) is 0.0953. The van der Waals surface area contributed by atoms with Crippen LogP contribution in [0.5, 0.6) is 0 Å². The Bertz CT molecular complexity index is 730. The van der Waals surface area contributed by atoms with Gasteiger partial charge in [0.15, 0.2) is 11.8 Å². The van der Waals surface area contributed by atoms with Crippen LogP contribution in [0.2, 0.25) is 0 Å². The van der Waals surface area contributed by atoms with Crippen molar-refractivity contribution in [2.75, 3.05) is 46.0 Å². The molecule has 1 aromatic rings. The lowest BCUT2D eigenvalue weighted by Crippen LogP contribution is -2.51. The van der Waals surface area contributed by atoms with E-state index in [9.17, 15) is 0 Å². The molecule has 1 spiro atoms. The molecule has 3 heterocycles. The minimum Gasteiger partial charge on any atom is -0.379 e. The number of rotatable bonds is 7. The van der Waals surface area contributed by atoms with Crippen LogP contribution in [0.4, 0.5) is 0 Å². The van der Waals surface area contributed by atoms with Gasteiger partial charge in [-0.3, -0.25) is 4.90 Å². The number of aryl methyl sites for hydroxylation is 1. The highest BCUT2D eigenvalue weighted by Gasteiger charge is 2.40. The van der Waals surface area contributed by atoms with Gasteiger partial charge in [0.2, 0.25) is 0 Å². The quantitative estimate of drug-likeness (QED) is 0.228. The van der Waals surface area contributed by atoms with E-state index in [2.05, 4.69) is 25.7 Å². The van der Waals surface area contributed by atoms with E-state index >= 15 is 0 Å². The average molecular weight is 562 g/mol. The van der Waals surface area contributed by atoms with Crippen molar-refractivity contribution < 1.29 is 9.47 Å². The summed E-state index contributed by atoms with van der Waals surface area (Å²) in [7, 11) is 1.99. The van der Waals surface area contributed by atoms with Crippen LogP contribution in [-0.2, 0) is 23.1 Å². The van der Waals surface area contributed by atoms with Gasteiger partial charge in [0.1, 0.15) is 12.4 Å². The number of nitrogens with one attached hydrogen (secondary N) is 2. The zero-order valence-corrected chi connectivity index (χ0v) is 22.0. The van der Waals surface area contributed by atoms with Gasteiger partial charge in [-0.2, -0.15) is 0 Å². The summed E-state index contributed by atoms with van der Waals surface area (Å²) in [4.78, 5) is 7.33. The third-order valence-corrected chi connectivity index (χ3v) is 6.96. The lowest BCUT2D eigenvalue weighted by Gasteiger charge is -2.39. The number of hydrogen-bond donors (Lipinski definition) is 2. The predicted molar refractivity (Wildman–Crippen MR) is 135 cm³/mol. The van der Waals surface area contributed by atoms with Crippen LogP contribution in [-0.4, -0.2) is 83.3 Å². The zero-order valence-electron chi connectivity index (χ0n) is 19.6. The molecule has 2 aliphatic heterocycles. The van der Waals surface area contributed by atoms with Gasteiger partial charge in [-0.25, -0.2) is 4.99 Å². The summed E-state index contributed by atoms with van der Waals surface area (Å²) >= 11 is 0. The van der Waals surface area contributed by atoms with Crippen LogP contribution >= 0.6 is 24.0 Å². The maximum Gasteiger partial charge on any atom is 0.191 e. The molecule has 1 aliphatic carbocycles. The third kappa shape index (κ3) is 7.01. The highest BCUT2D eigenvalue weighted by Crippen LogP contribution is 2.39. The number of ether oxygens (including phenoxy) is 2. The fraction of sp³-hybridized carbons (Fsp3) is 0.864. The first-order chi connectivity index (χ1) is 15.1. The van der Waals surface area contributed by atoms with Gasteiger partial charge in [-0.1, -0.05) is 12.8 Å². The Labute approximate surface area is 209 Å². The average Bonchev–Trinajstić information content (AvgIpc) is 3.36. The largest absolute Gasteiger partial charge is 0.379 e. The monoisotopic (exact) mass is 561 g/mol. The number of hydrogen-bond acceptors (Lipinski definition) is 6. The molecule has 2 N–H and O–H groups in total. The minimum atomic E-state index is 0. The molecule has 9 nitrogen and oxygen atoms in total. The van der Waals surface area contributed by atoms with Crippen molar-refractivity contribution in [1.82, 2.24) is 30.3 Å². The summed E-state index contributed by atoms with van der Waals surface area (Å²) < 4.78 is 13.7. The third-order valence-electron chi connectivity index (χ3n) is 6.96. The molecule has 0 amide bonds. The molecule has 1 atom stereocenters. The lowest BCUT2D eigenvalue weighted by atomic mass is 9.89. The Morgan fingerprint density at radius 2 is 1.97 bits per heavy atom. The highest BCUT2D eigenvalue weighted by atomic mass is 127. The molecule has 1 saturated carbocycles. The molecule has 2 saturated heterocycles. The van der Waals surface area contributed by atoms with E-state index in [0.29, 0.717) is 12.6 Å². The summed E-state index contributed by atoms with van der Waals surface area (Å²) in [5.74, 6) is 2.67. The number of nitrogens with zero attached hydrogens (tertiary/aromatic N) is 5. The fourth-order valence-electron chi connectivity index (χ4n) is 4.94. The first-order valence-electron chi connectivity index (χ1n) is 12.0. The Morgan fingerprint density at radius 1 is 1.19 bits per heavy atom. The van der Waals surface area contributed by atoms with Gasteiger partial charge in [-0.05, 0) is 45.6 Å². The van der Waals surface area contributed by atoms with Crippen LogP contribution in [0.3, 0.4) is 0 Å². The van der Waals surface area contributed by atoms with Crippen molar-refractivity contribution in [2.45, 2.75) is 70.1 Å². The molecule has 3 fully saturated rings. The lowest BCUT2D eigenvalue weighted by molar-refractivity contribution is -0.0815. The maximum atomic E-state index is 6.21. The summed E-state index contributed by atoms with van der Waals surface area (Å²) in [5, 5.41) is 15.7. The van der Waals surface area contributed by atoms with E-state index < -0.39 is 0 Å². The molecule has 0 aromatic carbocycles. The van der Waals surface area contributed by atoms with Crippen molar-refractivity contribution in [3.05, 3.63) is 11.6 Å². The number of halogens is 1. The maximum absolute atomic E-state index is 6.21. The Kier molecular flexibility index (Phi) is 9.99. The van der Waals surface area contributed by atoms with Crippen molar-refractivity contribution in [2.24, 2.45) is 12.0 Å². The second-order valence-corrected chi connectivity index (χ2v) is 9.19. The number of aliphatic imine (C=N–C) groups is 1. The number of morpholine rings is 1. The van der Waals surface area contributed by atoms with Crippen LogP contribution in [0.15, 0.2) is 4.99 Å². The van der Waals surface area contributed by atoms with Gasteiger partial charge in [0.05, 0.1) is 18.8 Å². The van der Waals surface area contributed by atoms with Crippen molar-refractivity contribution in [3.8, 4) is 0 Å². The first-order valence-corrected chi connectivity index (χ1v) is 12.0. The molecule has 3 aliphatic rings. The van der Waals surface area contributed by atoms with Crippen LogP contribution < -0.4 is 10.6 Å². The van der Waals surface area contributed by atoms with Gasteiger partial charge >= 0.3 is 0 Å². The van der Waals surface area contributed by atoms with Gasteiger partial charge in [0.25, 0.3) is 0 Å². The molecule has 0 bridgehead atoms. The predicted octanol–water partition coefficient (Wildman–Crippen LogP) is 1.99. The summed E-state index contributed by atoms with van der Waals surface area (Å²) in [6.07, 6.45) is 8.16. The molecule has 182 valence electrons. The van der Waals surface area contributed by atoms with Crippen molar-refractivity contribution >= 4 is 29.9 Å². The van der Waals surface area contributed by atoms with E-state index in [0.717, 1.165) is 82.9 Å². The molecular weight excluding hydrogens is 521 g/mol. The Morgan fingerprint density at radius 3 is 2.69 bits per heavy atom. The van der Waals surface area contributed by atoms with Gasteiger partial charge < -0.3 is 24.7 Å². The van der Waals surface area contributed by atoms with E-state index in [1.54, 1.807) is 0 Å². The molecule has 4 rings (SSSR count). The standard InChI is InChI=1S/C22H39N7O2.HI/c1-18-26-27-20(28(18)2)17-24-21(23-9-5-10-29-11-14-30-15-12-29)25-19-6-13-31-22(16-19)7-3-4-8-22;/h19H,3-17H2,1-2H3,(H2,23,24,25);1H. The van der Waals surface area contributed by atoms with Crippen molar-refractivity contribution in [3.63, 3.8) is 0 Å². The Balaban J connectivity index is 0.00000289. The molecule has 32 heavy (non-hydrogen) atoms. The number of aromatic nitrogens is 3. The van der Waals surface area contributed by atoms with Crippen LogP contribution in [0.1, 0.15) is 56.6 Å². The highest BCUT2D eigenvalue weighted by molar-refractivity contribution is 14.0. The van der Waals surface area contributed by atoms with Crippen LogP contribution in [0, 0.1) is 6.92 Å². The van der Waals surface area contributed by atoms with Gasteiger partial charge in [-0.15, -0.1) is 34.2 Å². The smallest absolute Gasteiger partial charge is 0.191 e. The van der Waals surface area contributed by atoms with Crippen molar-refractivity contribution in [1.29, 1.82) is 0 Å².